The van der Waals surface area contributed by atoms with Gasteiger partial charge in [0.2, 0.25) is 5.91 Å². The van der Waals surface area contributed by atoms with Crippen molar-refractivity contribution in [1.29, 1.82) is 0 Å². The molecule has 1 amide bonds. The summed E-state index contributed by atoms with van der Waals surface area (Å²) in [5, 5.41) is 2.10. The van der Waals surface area contributed by atoms with E-state index in [1.54, 1.807) is 11.3 Å². The Labute approximate surface area is 108 Å². The van der Waals surface area contributed by atoms with Gasteiger partial charge in [0.05, 0.1) is 0 Å². The van der Waals surface area contributed by atoms with E-state index in [0.717, 1.165) is 31.8 Å². The quantitative estimate of drug-likeness (QED) is 0.804. The number of aryl methyl sites for hydroxylation is 1. The second kappa shape index (κ2) is 6.20. The van der Waals surface area contributed by atoms with Gasteiger partial charge in [-0.05, 0) is 43.0 Å². The van der Waals surface area contributed by atoms with Crippen LogP contribution < -0.4 is 0 Å². The predicted molar refractivity (Wildman–Crippen MR) is 72.2 cm³/mol. The lowest BCUT2D eigenvalue weighted by Crippen LogP contribution is -2.37. The van der Waals surface area contributed by atoms with E-state index in [1.807, 2.05) is 0 Å². The van der Waals surface area contributed by atoms with Crippen molar-refractivity contribution in [3.8, 4) is 0 Å². The zero-order chi connectivity index (χ0) is 12.1. The molecule has 94 valence electrons. The Morgan fingerprint density at radius 3 is 2.88 bits per heavy atom. The van der Waals surface area contributed by atoms with Crippen LogP contribution in [0.5, 0.6) is 0 Å². The van der Waals surface area contributed by atoms with Crippen molar-refractivity contribution >= 4 is 17.2 Å². The normalized spacial score (nSPS) is 17.4. The number of rotatable bonds is 4. The average molecular weight is 251 g/mol. The standard InChI is InChI=1S/C14H21NOS/c1-12-7-9-15(10-8-12)14(16)6-2-4-13-5-3-11-17-13/h3,5,11-12H,2,4,6-10H2,1H3. The highest BCUT2D eigenvalue weighted by Crippen LogP contribution is 2.18. The van der Waals surface area contributed by atoms with Crippen LogP contribution in [-0.4, -0.2) is 23.9 Å². The van der Waals surface area contributed by atoms with Crippen LogP contribution in [-0.2, 0) is 11.2 Å². The summed E-state index contributed by atoms with van der Waals surface area (Å²) in [6.07, 6.45) is 5.11. The van der Waals surface area contributed by atoms with E-state index in [-0.39, 0.29) is 0 Å². The summed E-state index contributed by atoms with van der Waals surface area (Å²) >= 11 is 1.79. The SMILES string of the molecule is CC1CCN(C(=O)CCCc2cccs2)CC1. The third-order valence-electron chi connectivity index (χ3n) is 3.53. The van der Waals surface area contributed by atoms with Gasteiger partial charge in [0.15, 0.2) is 0 Å². The maximum atomic E-state index is 12.0. The molecule has 1 aliphatic heterocycles. The van der Waals surface area contributed by atoms with Gasteiger partial charge in [-0.25, -0.2) is 0 Å². The lowest BCUT2D eigenvalue weighted by Gasteiger charge is -2.30. The van der Waals surface area contributed by atoms with Crippen LogP contribution in [0.25, 0.3) is 0 Å². The molecule has 0 aromatic carbocycles. The molecule has 0 atom stereocenters. The van der Waals surface area contributed by atoms with Crippen LogP contribution in [0.1, 0.15) is 37.5 Å². The van der Waals surface area contributed by atoms with Gasteiger partial charge in [-0.1, -0.05) is 13.0 Å². The van der Waals surface area contributed by atoms with E-state index in [9.17, 15) is 4.79 Å². The molecule has 0 radical (unpaired) electrons. The molecule has 1 aromatic rings. The Balaban J connectivity index is 1.67. The van der Waals surface area contributed by atoms with Crippen molar-refractivity contribution < 1.29 is 4.79 Å². The van der Waals surface area contributed by atoms with Gasteiger partial charge in [-0.2, -0.15) is 0 Å². The molecule has 2 heterocycles. The van der Waals surface area contributed by atoms with E-state index in [2.05, 4.69) is 29.3 Å². The molecule has 3 heteroatoms. The first-order chi connectivity index (χ1) is 8.25. The molecule has 2 rings (SSSR count). The van der Waals surface area contributed by atoms with E-state index < -0.39 is 0 Å². The minimum Gasteiger partial charge on any atom is -0.343 e. The van der Waals surface area contributed by atoms with Crippen LogP contribution in [0.15, 0.2) is 17.5 Å². The van der Waals surface area contributed by atoms with Crippen molar-refractivity contribution in [2.24, 2.45) is 5.92 Å². The minimum absolute atomic E-state index is 0.355. The largest absolute Gasteiger partial charge is 0.343 e. The molecule has 0 bridgehead atoms. The summed E-state index contributed by atoms with van der Waals surface area (Å²) in [5.74, 6) is 1.15. The van der Waals surface area contributed by atoms with E-state index in [4.69, 9.17) is 0 Å². The average Bonchev–Trinajstić information content (AvgIpc) is 2.83. The van der Waals surface area contributed by atoms with Crippen molar-refractivity contribution in [3.05, 3.63) is 22.4 Å². The molecule has 2 nitrogen and oxygen atoms in total. The van der Waals surface area contributed by atoms with Crippen LogP contribution in [0.2, 0.25) is 0 Å². The lowest BCUT2D eigenvalue weighted by atomic mass is 9.99. The van der Waals surface area contributed by atoms with Crippen LogP contribution >= 0.6 is 11.3 Å². The molecule has 0 spiro atoms. The Morgan fingerprint density at radius 1 is 1.47 bits per heavy atom. The zero-order valence-corrected chi connectivity index (χ0v) is 11.3. The Kier molecular flexibility index (Phi) is 4.60. The fraction of sp³-hybridized carbons (Fsp3) is 0.643. The van der Waals surface area contributed by atoms with Crippen molar-refractivity contribution in [3.63, 3.8) is 0 Å². The van der Waals surface area contributed by atoms with E-state index in [1.165, 1.54) is 17.7 Å². The van der Waals surface area contributed by atoms with Crippen LogP contribution in [0.3, 0.4) is 0 Å². The number of likely N-dealkylation sites (tertiary alicyclic amines) is 1. The molecule has 1 saturated heterocycles. The predicted octanol–water partition coefficient (Wildman–Crippen LogP) is 3.33. The number of hydrogen-bond donors (Lipinski definition) is 0. The molecule has 17 heavy (non-hydrogen) atoms. The number of carbonyl (C=O) groups is 1. The van der Waals surface area contributed by atoms with E-state index >= 15 is 0 Å². The van der Waals surface area contributed by atoms with Crippen LogP contribution in [0.4, 0.5) is 0 Å². The topological polar surface area (TPSA) is 20.3 Å². The first-order valence-electron chi connectivity index (χ1n) is 6.56. The van der Waals surface area contributed by atoms with Crippen molar-refractivity contribution in [2.75, 3.05) is 13.1 Å². The number of amides is 1. The molecular formula is C14H21NOS. The smallest absolute Gasteiger partial charge is 0.222 e. The van der Waals surface area contributed by atoms with E-state index in [0.29, 0.717) is 12.3 Å². The van der Waals surface area contributed by atoms with Gasteiger partial charge < -0.3 is 4.90 Å². The molecular weight excluding hydrogens is 230 g/mol. The maximum absolute atomic E-state index is 12.0. The first-order valence-corrected chi connectivity index (χ1v) is 7.44. The highest BCUT2D eigenvalue weighted by Gasteiger charge is 2.19. The second-order valence-corrected chi connectivity index (χ2v) is 6.03. The highest BCUT2D eigenvalue weighted by molar-refractivity contribution is 7.09. The van der Waals surface area contributed by atoms with Gasteiger partial charge >= 0.3 is 0 Å². The lowest BCUT2D eigenvalue weighted by molar-refractivity contribution is -0.132. The third-order valence-corrected chi connectivity index (χ3v) is 4.47. The van der Waals surface area contributed by atoms with Crippen molar-refractivity contribution in [2.45, 2.75) is 39.0 Å². The second-order valence-electron chi connectivity index (χ2n) is 5.00. The minimum atomic E-state index is 0.355. The fourth-order valence-electron chi connectivity index (χ4n) is 2.28. The summed E-state index contributed by atoms with van der Waals surface area (Å²) in [4.78, 5) is 15.4. The fourth-order valence-corrected chi connectivity index (χ4v) is 3.04. The van der Waals surface area contributed by atoms with Gasteiger partial charge in [0.1, 0.15) is 0 Å². The number of hydrogen-bond acceptors (Lipinski definition) is 2. The summed E-state index contributed by atoms with van der Waals surface area (Å²) in [6, 6.07) is 4.23. The highest BCUT2D eigenvalue weighted by atomic mass is 32.1. The Hall–Kier alpha value is -0.830. The summed E-state index contributed by atoms with van der Waals surface area (Å²) in [7, 11) is 0. The van der Waals surface area contributed by atoms with Crippen LogP contribution in [0, 0.1) is 5.92 Å². The molecule has 1 fully saturated rings. The number of carbonyl (C=O) groups excluding carboxylic acids is 1. The molecule has 0 N–H and O–H groups in total. The Bertz CT molecular complexity index is 339. The first kappa shape index (κ1) is 12.6. The summed E-state index contributed by atoms with van der Waals surface area (Å²) < 4.78 is 0. The van der Waals surface area contributed by atoms with Gasteiger partial charge in [0.25, 0.3) is 0 Å². The summed E-state index contributed by atoms with van der Waals surface area (Å²) in [6.45, 7) is 4.22. The number of piperidine rings is 1. The zero-order valence-electron chi connectivity index (χ0n) is 10.5. The van der Waals surface area contributed by atoms with Gasteiger partial charge in [0, 0.05) is 24.4 Å². The van der Waals surface area contributed by atoms with Gasteiger partial charge in [-0.15, -0.1) is 11.3 Å². The van der Waals surface area contributed by atoms with Crippen molar-refractivity contribution in [1.82, 2.24) is 4.90 Å². The Morgan fingerprint density at radius 2 is 2.24 bits per heavy atom. The number of thiophene rings is 1. The molecule has 0 saturated carbocycles. The maximum Gasteiger partial charge on any atom is 0.222 e. The van der Waals surface area contributed by atoms with Gasteiger partial charge in [-0.3, -0.25) is 4.79 Å². The molecule has 1 aromatic heterocycles. The number of nitrogens with zero attached hydrogens (tertiary/aromatic N) is 1. The molecule has 0 aliphatic carbocycles. The summed E-state index contributed by atoms with van der Waals surface area (Å²) in [5.41, 5.74) is 0. The molecule has 0 unspecified atom stereocenters. The third kappa shape index (κ3) is 3.84. The molecule has 1 aliphatic rings. The monoisotopic (exact) mass is 251 g/mol.